The molecule has 1 aromatic rings. The Hall–Kier alpha value is -0.470. The Morgan fingerprint density at radius 3 is 2.59 bits per heavy atom. The van der Waals surface area contributed by atoms with Crippen molar-refractivity contribution in [3.63, 3.8) is 0 Å². The van der Waals surface area contributed by atoms with E-state index in [9.17, 15) is 0 Å². The lowest BCUT2D eigenvalue weighted by Gasteiger charge is -2.22. The molecule has 1 saturated heterocycles. The summed E-state index contributed by atoms with van der Waals surface area (Å²) in [4.78, 5) is 0. The van der Waals surface area contributed by atoms with E-state index in [-0.39, 0.29) is 0 Å². The van der Waals surface area contributed by atoms with Gasteiger partial charge in [0.05, 0.1) is 0 Å². The summed E-state index contributed by atoms with van der Waals surface area (Å²) in [5.41, 5.74) is 2.98. The molecule has 2 fully saturated rings. The maximum Gasteiger partial charge on any atom is 0.0208 e. The smallest absolute Gasteiger partial charge is 0.0208 e. The molecule has 0 amide bonds. The minimum Gasteiger partial charge on any atom is -0.309 e. The minimum atomic E-state index is 0.733. The van der Waals surface area contributed by atoms with Gasteiger partial charge in [0.15, 0.2) is 0 Å². The molecule has 0 spiro atoms. The van der Waals surface area contributed by atoms with Crippen molar-refractivity contribution >= 4 is 11.8 Å². The molecule has 1 N–H and O–H groups in total. The third-order valence-electron chi connectivity index (χ3n) is 3.78. The fourth-order valence-electron chi connectivity index (χ4n) is 2.49. The van der Waals surface area contributed by atoms with Crippen LogP contribution in [0.15, 0.2) is 24.3 Å². The summed E-state index contributed by atoms with van der Waals surface area (Å²) in [6.07, 6.45) is 5.53. The Balaban J connectivity index is 1.50. The van der Waals surface area contributed by atoms with E-state index in [1.54, 1.807) is 5.56 Å². The number of rotatable bonds is 4. The highest BCUT2D eigenvalue weighted by Gasteiger charge is 2.22. The number of hydrogen-bond acceptors (Lipinski definition) is 2. The van der Waals surface area contributed by atoms with Crippen LogP contribution in [0, 0.1) is 0 Å². The normalized spacial score (nSPS) is 24.8. The molecule has 1 heterocycles. The standard InChI is InChI=1S/C15H21NS/c1-2-15(11-17-9-1)16-10-12-3-5-13(6-4-12)14-7-8-14/h3-6,14-16H,1-2,7-11H2. The summed E-state index contributed by atoms with van der Waals surface area (Å²) in [6, 6.07) is 9.99. The van der Waals surface area contributed by atoms with Crippen molar-refractivity contribution in [1.82, 2.24) is 5.32 Å². The van der Waals surface area contributed by atoms with Gasteiger partial charge in [0, 0.05) is 18.3 Å². The van der Waals surface area contributed by atoms with Gasteiger partial charge in [0.25, 0.3) is 0 Å². The molecular weight excluding hydrogens is 226 g/mol. The second kappa shape index (κ2) is 5.45. The van der Waals surface area contributed by atoms with Gasteiger partial charge in [-0.1, -0.05) is 24.3 Å². The Labute approximate surface area is 108 Å². The molecule has 0 radical (unpaired) electrons. The van der Waals surface area contributed by atoms with Gasteiger partial charge in [-0.05, 0) is 48.5 Å². The van der Waals surface area contributed by atoms with Gasteiger partial charge >= 0.3 is 0 Å². The van der Waals surface area contributed by atoms with E-state index < -0.39 is 0 Å². The molecule has 1 aromatic carbocycles. The summed E-state index contributed by atoms with van der Waals surface area (Å²) in [5, 5.41) is 3.68. The topological polar surface area (TPSA) is 12.0 Å². The van der Waals surface area contributed by atoms with Crippen LogP contribution in [-0.2, 0) is 6.54 Å². The molecule has 1 aliphatic heterocycles. The molecule has 2 aliphatic rings. The quantitative estimate of drug-likeness (QED) is 0.873. The molecule has 17 heavy (non-hydrogen) atoms. The summed E-state index contributed by atoms with van der Waals surface area (Å²) >= 11 is 2.09. The number of nitrogens with one attached hydrogen (secondary N) is 1. The highest BCUT2D eigenvalue weighted by molar-refractivity contribution is 7.99. The summed E-state index contributed by atoms with van der Waals surface area (Å²) in [7, 11) is 0. The highest BCUT2D eigenvalue weighted by atomic mass is 32.2. The van der Waals surface area contributed by atoms with Crippen molar-refractivity contribution in [2.45, 2.75) is 44.2 Å². The molecule has 1 aliphatic carbocycles. The second-order valence-corrected chi connectivity index (χ2v) is 6.46. The molecule has 2 heteroatoms. The van der Waals surface area contributed by atoms with Crippen LogP contribution in [-0.4, -0.2) is 17.5 Å². The monoisotopic (exact) mass is 247 g/mol. The average molecular weight is 247 g/mol. The van der Waals surface area contributed by atoms with Gasteiger partial charge < -0.3 is 5.32 Å². The van der Waals surface area contributed by atoms with E-state index in [0.29, 0.717) is 0 Å². The van der Waals surface area contributed by atoms with E-state index in [0.717, 1.165) is 18.5 Å². The zero-order valence-corrected chi connectivity index (χ0v) is 11.1. The van der Waals surface area contributed by atoms with Crippen molar-refractivity contribution < 1.29 is 0 Å². The van der Waals surface area contributed by atoms with E-state index in [2.05, 4.69) is 41.3 Å². The van der Waals surface area contributed by atoms with Crippen LogP contribution >= 0.6 is 11.8 Å². The predicted octanol–water partition coefficient (Wildman–Crippen LogP) is 3.55. The average Bonchev–Trinajstić information content (AvgIpc) is 3.23. The van der Waals surface area contributed by atoms with Crippen molar-refractivity contribution in [2.24, 2.45) is 0 Å². The molecule has 92 valence electrons. The molecule has 1 unspecified atom stereocenters. The fourth-order valence-corrected chi connectivity index (χ4v) is 3.59. The third-order valence-corrected chi connectivity index (χ3v) is 5.00. The molecule has 1 nitrogen and oxygen atoms in total. The van der Waals surface area contributed by atoms with Crippen LogP contribution in [0.2, 0.25) is 0 Å². The maximum absolute atomic E-state index is 3.68. The zero-order chi connectivity index (χ0) is 11.5. The third kappa shape index (κ3) is 3.26. The number of benzene rings is 1. The maximum atomic E-state index is 3.68. The van der Waals surface area contributed by atoms with Crippen LogP contribution in [0.4, 0.5) is 0 Å². The van der Waals surface area contributed by atoms with Gasteiger partial charge in [-0.2, -0.15) is 11.8 Å². The van der Waals surface area contributed by atoms with E-state index in [1.807, 2.05) is 0 Å². The van der Waals surface area contributed by atoms with E-state index in [4.69, 9.17) is 0 Å². The Morgan fingerprint density at radius 2 is 1.94 bits per heavy atom. The predicted molar refractivity (Wildman–Crippen MR) is 75.6 cm³/mol. The van der Waals surface area contributed by atoms with Crippen LogP contribution in [0.25, 0.3) is 0 Å². The lowest BCUT2D eigenvalue weighted by atomic mass is 10.1. The number of thioether (sulfide) groups is 1. The SMILES string of the molecule is c1cc(C2CC2)ccc1CNC1CCCSC1. The molecule has 0 bridgehead atoms. The first-order valence-corrected chi connectivity index (χ1v) is 7.97. The number of hydrogen-bond donors (Lipinski definition) is 1. The highest BCUT2D eigenvalue weighted by Crippen LogP contribution is 2.39. The van der Waals surface area contributed by atoms with Gasteiger partial charge in [0.1, 0.15) is 0 Å². The molecule has 3 rings (SSSR count). The van der Waals surface area contributed by atoms with Crippen molar-refractivity contribution in [3.8, 4) is 0 Å². The first-order chi connectivity index (χ1) is 8.42. The van der Waals surface area contributed by atoms with E-state index in [1.165, 1.54) is 42.8 Å². The van der Waals surface area contributed by atoms with Gasteiger partial charge in [0.2, 0.25) is 0 Å². The van der Waals surface area contributed by atoms with E-state index >= 15 is 0 Å². The molecule has 1 saturated carbocycles. The summed E-state index contributed by atoms with van der Waals surface area (Å²) in [6.45, 7) is 1.04. The summed E-state index contributed by atoms with van der Waals surface area (Å²) < 4.78 is 0. The Bertz CT molecular complexity index is 350. The van der Waals surface area contributed by atoms with Gasteiger partial charge in [-0.3, -0.25) is 0 Å². The van der Waals surface area contributed by atoms with Crippen LogP contribution in [0.1, 0.15) is 42.7 Å². The molecular formula is C15H21NS. The second-order valence-electron chi connectivity index (χ2n) is 5.31. The van der Waals surface area contributed by atoms with Crippen molar-refractivity contribution in [1.29, 1.82) is 0 Å². The Kier molecular flexibility index (Phi) is 3.72. The first-order valence-electron chi connectivity index (χ1n) is 6.82. The zero-order valence-electron chi connectivity index (χ0n) is 10.3. The van der Waals surface area contributed by atoms with Crippen LogP contribution in [0.5, 0.6) is 0 Å². The first kappa shape index (κ1) is 11.6. The molecule has 1 atom stereocenters. The van der Waals surface area contributed by atoms with Gasteiger partial charge in [-0.15, -0.1) is 0 Å². The van der Waals surface area contributed by atoms with Crippen molar-refractivity contribution in [3.05, 3.63) is 35.4 Å². The lowest BCUT2D eigenvalue weighted by molar-refractivity contribution is 0.507. The Morgan fingerprint density at radius 1 is 1.12 bits per heavy atom. The van der Waals surface area contributed by atoms with Crippen LogP contribution < -0.4 is 5.32 Å². The fraction of sp³-hybridized carbons (Fsp3) is 0.600. The van der Waals surface area contributed by atoms with Gasteiger partial charge in [-0.25, -0.2) is 0 Å². The largest absolute Gasteiger partial charge is 0.309 e. The minimum absolute atomic E-state index is 0.733. The lowest BCUT2D eigenvalue weighted by Crippen LogP contribution is -2.33. The molecule has 0 aromatic heterocycles. The van der Waals surface area contributed by atoms with Crippen molar-refractivity contribution in [2.75, 3.05) is 11.5 Å². The summed E-state index contributed by atoms with van der Waals surface area (Å²) in [5.74, 6) is 3.53. The van der Waals surface area contributed by atoms with Crippen LogP contribution in [0.3, 0.4) is 0 Å².